The number of amides is 2. The maximum atomic E-state index is 13.9. The first kappa shape index (κ1) is 28.2. The second-order valence-corrected chi connectivity index (χ2v) is 10.0. The van der Waals surface area contributed by atoms with E-state index in [-0.39, 0.29) is 31.3 Å². The largest absolute Gasteiger partial charge is 0.497 e. The summed E-state index contributed by atoms with van der Waals surface area (Å²) in [6.07, 6.45) is 0.494. The van der Waals surface area contributed by atoms with Gasteiger partial charge in [-0.3, -0.25) is 9.59 Å². The molecule has 0 aliphatic rings. The molecule has 4 aromatic carbocycles. The number of hydrogen-bond donors (Lipinski definition) is 1. The molecule has 0 aliphatic heterocycles. The van der Waals surface area contributed by atoms with E-state index in [9.17, 15) is 9.59 Å². The van der Waals surface area contributed by atoms with Gasteiger partial charge in [-0.2, -0.15) is 0 Å². The van der Waals surface area contributed by atoms with Gasteiger partial charge in [0, 0.05) is 29.6 Å². The Kier molecular flexibility index (Phi) is 10.0. The molecule has 7 heteroatoms. The average Bonchev–Trinajstić information content (AvgIpc) is 2.96. The Bertz CT molecular complexity index is 1380. The van der Waals surface area contributed by atoms with E-state index in [0.29, 0.717) is 16.5 Å². The SMILES string of the molecule is COc1ccc(CN(C(=O)Cc2ccc(Cl)cc2)[C@H](Cc2ccccc2)C(=O)NCc2ccccc2Cl)cc1. The minimum absolute atomic E-state index is 0.135. The van der Waals surface area contributed by atoms with Crippen molar-refractivity contribution in [3.05, 3.63) is 135 Å². The zero-order chi connectivity index (χ0) is 27.6. The van der Waals surface area contributed by atoms with Gasteiger partial charge in [-0.05, 0) is 52.6 Å². The van der Waals surface area contributed by atoms with Crippen molar-refractivity contribution in [3.8, 4) is 5.75 Å². The van der Waals surface area contributed by atoms with Crippen molar-refractivity contribution in [1.82, 2.24) is 10.2 Å². The zero-order valence-corrected chi connectivity index (χ0v) is 23.2. The molecule has 1 atom stereocenters. The lowest BCUT2D eigenvalue weighted by molar-refractivity contribution is -0.140. The first-order valence-electron chi connectivity index (χ1n) is 12.6. The third kappa shape index (κ3) is 8.09. The summed E-state index contributed by atoms with van der Waals surface area (Å²) in [6, 6.07) is 31.0. The number of carbonyl (C=O) groups is 2. The Hall–Kier alpha value is -3.80. The lowest BCUT2D eigenvalue weighted by Crippen LogP contribution is -2.50. The maximum absolute atomic E-state index is 13.9. The Morgan fingerprint density at radius 2 is 1.44 bits per heavy atom. The van der Waals surface area contributed by atoms with Gasteiger partial charge in [0.2, 0.25) is 11.8 Å². The summed E-state index contributed by atoms with van der Waals surface area (Å²) in [4.78, 5) is 29.3. The van der Waals surface area contributed by atoms with Crippen LogP contribution in [0.15, 0.2) is 103 Å². The minimum atomic E-state index is -0.753. The van der Waals surface area contributed by atoms with E-state index < -0.39 is 6.04 Å². The molecule has 4 aromatic rings. The smallest absolute Gasteiger partial charge is 0.243 e. The van der Waals surface area contributed by atoms with Crippen LogP contribution in [0, 0.1) is 0 Å². The predicted octanol–water partition coefficient (Wildman–Crippen LogP) is 6.50. The highest BCUT2D eigenvalue weighted by Gasteiger charge is 2.30. The Morgan fingerprint density at radius 1 is 0.795 bits per heavy atom. The topological polar surface area (TPSA) is 58.6 Å². The quantitative estimate of drug-likeness (QED) is 0.228. The normalized spacial score (nSPS) is 11.5. The zero-order valence-electron chi connectivity index (χ0n) is 21.6. The summed E-state index contributed by atoms with van der Waals surface area (Å²) in [5.74, 6) is 0.301. The fourth-order valence-electron chi connectivity index (χ4n) is 4.30. The molecule has 0 aromatic heterocycles. The van der Waals surface area contributed by atoms with Crippen LogP contribution in [0.3, 0.4) is 0 Å². The van der Waals surface area contributed by atoms with Crippen molar-refractivity contribution in [3.63, 3.8) is 0 Å². The standard InChI is InChI=1S/C32H30Cl2N2O3/c1-39-28-17-13-25(14-18-28)22-36(31(37)20-24-11-15-27(33)16-12-24)30(19-23-7-3-2-4-8-23)32(38)35-21-26-9-5-6-10-29(26)34/h2-18,30H,19-22H2,1H3,(H,35,38)/t30-/m1/s1. The number of nitrogens with one attached hydrogen (secondary N) is 1. The second kappa shape index (κ2) is 13.8. The molecule has 0 unspecified atom stereocenters. The Balaban J connectivity index is 1.65. The van der Waals surface area contributed by atoms with Gasteiger partial charge in [-0.1, -0.05) is 96.0 Å². The lowest BCUT2D eigenvalue weighted by Gasteiger charge is -2.32. The van der Waals surface area contributed by atoms with Crippen LogP contribution in [0.5, 0.6) is 5.75 Å². The number of ether oxygens (including phenoxy) is 1. The van der Waals surface area contributed by atoms with Crippen LogP contribution in [-0.2, 0) is 35.5 Å². The number of methoxy groups -OCH3 is 1. The van der Waals surface area contributed by atoms with Crippen molar-refractivity contribution in [2.75, 3.05) is 7.11 Å². The highest BCUT2D eigenvalue weighted by atomic mass is 35.5. The van der Waals surface area contributed by atoms with Crippen molar-refractivity contribution in [2.24, 2.45) is 0 Å². The molecule has 0 radical (unpaired) electrons. The van der Waals surface area contributed by atoms with Crippen LogP contribution < -0.4 is 10.1 Å². The summed E-state index contributed by atoms with van der Waals surface area (Å²) >= 11 is 12.4. The third-order valence-corrected chi connectivity index (χ3v) is 7.08. The predicted molar refractivity (Wildman–Crippen MR) is 156 cm³/mol. The van der Waals surface area contributed by atoms with Gasteiger partial charge in [-0.15, -0.1) is 0 Å². The van der Waals surface area contributed by atoms with E-state index in [2.05, 4.69) is 5.32 Å². The van der Waals surface area contributed by atoms with Crippen LogP contribution in [0.25, 0.3) is 0 Å². The monoisotopic (exact) mass is 560 g/mol. The summed E-state index contributed by atoms with van der Waals surface area (Å²) in [7, 11) is 1.61. The number of halogens is 2. The molecular formula is C32H30Cl2N2O3. The summed E-state index contributed by atoms with van der Waals surface area (Å²) < 4.78 is 5.29. The van der Waals surface area contributed by atoms with Gasteiger partial charge >= 0.3 is 0 Å². The van der Waals surface area contributed by atoms with E-state index >= 15 is 0 Å². The number of benzene rings is 4. The summed E-state index contributed by atoms with van der Waals surface area (Å²) in [5, 5.41) is 4.19. The fourth-order valence-corrected chi connectivity index (χ4v) is 4.63. The molecule has 200 valence electrons. The van der Waals surface area contributed by atoms with Gasteiger partial charge < -0.3 is 15.0 Å². The third-order valence-electron chi connectivity index (χ3n) is 6.46. The van der Waals surface area contributed by atoms with E-state index in [4.69, 9.17) is 27.9 Å². The first-order chi connectivity index (χ1) is 18.9. The van der Waals surface area contributed by atoms with Gasteiger partial charge in [0.25, 0.3) is 0 Å². The van der Waals surface area contributed by atoms with Crippen molar-refractivity contribution in [1.29, 1.82) is 0 Å². The van der Waals surface area contributed by atoms with Crippen LogP contribution in [0.1, 0.15) is 22.3 Å². The molecular weight excluding hydrogens is 531 g/mol. The van der Waals surface area contributed by atoms with Crippen molar-refractivity contribution >= 4 is 35.0 Å². The highest BCUT2D eigenvalue weighted by Crippen LogP contribution is 2.20. The molecule has 39 heavy (non-hydrogen) atoms. The Morgan fingerprint density at radius 3 is 2.10 bits per heavy atom. The maximum Gasteiger partial charge on any atom is 0.243 e. The van der Waals surface area contributed by atoms with Crippen LogP contribution >= 0.6 is 23.2 Å². The molecule has 2 amide bonds. The molecule has 0 saturated carbocycles. The second-order valence-electron chi connectivity index (χ2n) is 9.19. The molecule has 0 saturated heterocycles. The van der Waals surface area contributed by atoms with Crippen molar-refractivity contribution in [2.45, 2.75) is 32.0 Å². The molecule has 4 rings (SSSR count). The molecule has 1 N–H and O–H groups in total. The number of carbonyl (C=O) groups excluding carboxylic acids is 2. The van der Waals surface area contributed by atoms with Crippen LogP contribution in [0.4, 0.5) is 0 Å². The van der Waals surface area contributed by atoms with Gasteiger partial charge in [0.15, 0.2) is 0 Å². The summed E-state index contributed by atoms with van der Waals surface area (Å²) in [6.45, 7) is 0.513. The van der Waals surface area contributed by atoms with Gasteiger partial charge in [0.1, 0.15) is 11.8 Å². The molecule has 0 bridgehead atoms. The van der Waals surface area contributed by atoms with Gasteiger partial charge in [-0.25, -0.2) is 0 Å². The number of hydrogen-bond acceptors (Lipinski definition) is 3. The van der Waals surface area contributed by atoms with E-state index in [0.717, 1.165) is 28.0 Å². The molecule has 0 aliphatic carbocycles. The highest BCUT2D eigenvalue weighted by molar-refractivity contribution is 6.31. The molecule has 0 fully saturated rings. The first-order valence-corrected chi connectivity index (χ1v) is 13.4. The number of nitrogens with zero attached hydrogens (tertiary/aromatic N) is 1. The molecule has 0 heterocycles. The van der Waals surface area contributed by atoms with Crippen molar-refractivity contribution < 1.29 is 14.3 Å². The number of rotatable bonds is 11. The van der Waals surface area contributed by atoms with Crippen LogP contribution in [0.2, 0.25) is 10.0 Å². The summed E-state index contributed by atoms with van der Waals surface area (Å²) in [5.41, 5.74) is 3.46. The molecule has 5 nitrogen and oxygen atoms in total. The van der Waals surface area contributed by atoms with E-state index in [1.165, 1.54) is 0 Å². The minimum Gasteiger partial charge on any atom is -0.497 e. The van der Waals surface area contributed by atoms with E-state index in [1.807, 2.05) is 84.9 Å². The fraction of sp³-hybridized carbons (Fsp3) is 0.188. The Labute approximate surface area is 239 Å². The van der Waals surface area contributed by atoms with E-state index in [1.54, 1.807) is 30.2 Å². The van der Waals surface area contributed by atoms with Crippen LogP contribution in [-0.4, -0.2) is 29.9 Å². The lowest BCUT2D eigenvalue weighted by atomic mass is 10.0. The average molecular weight is 562 g/mol. The van der Waals surface area contributed by atoms with Gasteiger partial charge in [0.05, 0.1) is 13.5 Å². The molecule has 0 spiro atoms.